The third kappa shape index (κ3) is 5.02. The van der Waals surface area contributed by atoms with E-state index in [1.165, 1.54) is 6.92 Å². The second-order valence-electron chi connectivity index (χ2n) is 4.18. The third-order valence-electron chi connectivity index (χ3n) is 2.49. The Morgan fingerprint density at radius 1 is 1.33 bits per heavy atom. The molecule has 1 aromatic rings. The first-order chi connectivity index (χ1) is 8.30. The number of amides is 1. The molecule has 1 aromatic carbocycles. The van der Waals surface area contributed by atoms with Crippen LogP contribution in [-0.4, -0.2) is 22.9 Å². The standard InChI is InChI=1S/C12H15Cl3N2O/c1-9(18)16-11(12(13,14)15)17(2)8-10-6-4-3-5-7-10/h3-7,11H,8H2,1-2H3,(H,16,18)/p+1/t11-/m1/s1. The number of carbonyl (C=O) groups is 1. The number of quaternary nitrogens is 1. The average Bonchev–Trinajstić information content (AvgIpc) is 2.25. The van der Waals surface area contributed by atoms with E-state index >= 15 is 0 Å². The molecule has 0 bridgehead atoms. The van der Waals surface area contributed by atoms with Crippen molar-refractivity contribution in [3.63, 3.8) is 0 Å². The second kappa shape index (κ2) is 6.62. The third-order valence-corrected chi connectivity index (χ3v) is 3.15. The van der Waals surface area contributed by atoms with E-state index in [1.54, 1.807) is 0 Å². The van der Waals surface area contributed by atoms with E-state index in [4.69, 9.17) is 34.8 Å². The van der Waals surface area contributed by atoms with Gasteiger partial charge >= 0.3 is 0 Å². The van der Waals surface area contributed by atoms with Crippen LogP contribution in [0.2, 0.25) is 0 Å². The summed E-state index contributed by atoms with van der Waals surface area (Å²) in [5.74, 6) is -0.223. The van der Waals surface area contributed by atoms with Crippen molar-refractivity contribution in [1.82, 2.24) is 5.32 Å². The van der Waals surface area contributed by atoms with E-state index in [0.29, 0.717) is 6.54 Å². The number of benzene rings is 1. The lowest BCUT2D eigenvalue weighted by Crippen LogP contribution is -3.15. The molecule has 2 N–H and O–H groups in total. The monoisotopic (exact) mass is 309 g/mol. The number of carbonyl (C=O) groups excluding carboxylic acids is 1. The second-order valence-corrected chi connectivity index (χ2v) is 6.55. The lowest BCUT2D eigenvalue weighted by Gasteiger charge is -2.30. The van der Waals surface area contributed by atoms with Crippen molar-refractivity contribution in [1.29, 1.82) is 0 Å². The van der Waals surface area contributed by atoms with E-state index in [0.717, 1.165) is 10.5 Å². The van der Waals surface area contributed by atoms with Crippen LogP contribution in [0, 0.1) is 0 Å². The van der Waals surface area contributed by atoms with Gasteiger partial charge in [0.05, 0.1) is 7.05 Å². The van der Waals surface area contributed by atoms with Gasteiger partial charge in [0.15, 0.2) is 0 Å². The lowest BCUT2D eigenvalue weighted by molar-refractivity contribution is -0.921. The van der Waals surface area contributed by atoms with Gasteiger partial charge in [0.1, 0.15) is 6.54 Å². The van der Waals surface area contributed by atoms with E-state index in [-0.39, 0.29) is 5.91 Å². The van der Waals surface area contributed by atoms with Gasteiger partial charge in [-0.15, -0.1) is 0 Å². The van der Waals surface area contributed by atoms with E-state index in [1.807, 2.05) is 37.4 Å². The maximum Gasteiger partial charge on any atom is 0.262 e. The molecule has 0 heterocycles. The normalized spacial score (nSPS) is 14.9. The maximum absolute atomic E-state index is 11.2. The Kier molecular flexibility index (Phi) is 5.73. The molecule has 0 aliphatic rings. The summed E-state index contributed by atoms with van der Waals surface area (Å²) in [4.78, 5) is 12.1. The van der Waals surface area contributed by atoms with Crippen LogP contribution in [0.5, 0.6) is 0 Å². The Bertz CT molecular complexity index is 392. The fourth-order valence-electron chi connectivity index (χ4n) is 1.71. The summed E-state index contributed by atoms with van der Waals surface area (Å²) in [6.45, 7) is 2.05. The summed E-state index contributed by atoms with van der Waals surface area (Å²) < 4.78 is -1.55. The first kappa shape index (κ1) is 15.6. The first-order valence-electron chi connectivity index (χ1n) is 5.50. The molecule has 100 valence electrons. The van der Waals surface area contributed by atoms with E-state index in [9.17, 15) is 4.79 Å². The van der Waals surface area contributed by atoms with Gasteiger partial charge in [0, 0.05) is 12.5 Å². The molecular formula is C12H16Cl3N2O+. The Morgan fingerprint density at radius 3 is 2.33 bits per heavy atom. The van der Waals surface area contributed by atoms with Gasteiger partial charge in [0.2, 0.25) is 12.1 Å². The van der Waals surface area contributed by atoms with Crippen molar-refractivity contribution in [3.05, 3.63) is 35.9 Å². The van der Waals surface area contributed by atoms with Crippen molar-refractivity contribution in [2.75, 3.05) is 7.05 Å². The molecule has 0 saturated heterocycles. The zero-order valence-corrected chi connectivity index (χ0v) is 12.5. The molecule has 0 radical (unpaired) electrons. The highest BCUT2D eigenvalue weighted by Crippen LogP contribution is 2.27. The van der Waals surface area contributed by atoms with Crippen molar-refractivity contribution >= 4 is 40.7 Å². The van der Waals surface area contributed by atoms with Gasteiger partial charge in [-0.05, 0) is 0 Å². The molecule has 1 rings (SSSR count). The Morgan fingerprint density at radius 2 is 1.89 bits per heavy atom. The highest BCUT2D eigenvalue weighted by atomic mass is 35.6. The van der Waals surface area contributed by atoms with Crippen molar-refractivity contribution in [2.24, 2.45) is 0 Å². The molecule has 0 aromatic heterocycles. The van der Waals surface area contributed by atoms with Crippen LogP contribution in [0.1, 0.15) is 12.5 Å². The van der Waals surface area contributed by atoms with E-state index < -0.39 is 9.96 Å². The Balaban J connectivity index is 2.77. The van der Waals surface area contributed by atoms with Crippen molar-refractivity contribution in [3.8, 4) is 0 Å². The summed E-state index contributed by atoms with van der Waals surface area (Å²) in [5.41, 5.74) is 1.11. The van der Waals surface area contributed by atoms with Crippen LogP contribution in [0.15, 0.2) is 30.3 Å². The Hall–Kier alpha value is -0.480. The number of rotatable bonds is 4. The van der Waals surface area contributed by atoms with Crippen LogP contribution in [0.4, 0.5) is 0 Å². The summed E-state index contributed by atoms with van der Waals surface area (Å²) in [6, 6.07) is 9.83. The molecule has 0 aliphatic heterocycles. The maximum atomic E-state index is 11.2. The zero-order chi connectivity index (χ0) is 13.8. The molecule has 6 heteroatoms. The molecular weight excluding hydrogens is 295 g/mol. The average molecular weight is 311 g/mol. The van der Waals surface area contributed by atoms with Gasteiger partial charge < -0.3 is 10.2 Å². The summed E-state index contributed by atoms with van der Waals surface area (Å²) in [6.07, 6.45) is -0.597. The Labute approximate surface area is 122 Å². The number of halogens is 3. The lowest BCUT2D eigenvalue weighted by atomic mass is 10.2. The molecule has 18 heavy (non-hydrogen) atoms. The topological polar surface area (TPSA) is 33.5 Å². The van der Waals surface area contributed by atoms with Crippen LogP contribution in [0.25, 0.3) is 0 Å². The van der Waals surface area contributed by atoms with Crippen molar-refractivity contribution < 1.29 is 9.69 Å². The molecule has 3 nitrogen and oxygen atoms in total. The SMILES string of the molecule is CC(=O)N[C@H]([NH+](C)Cc1ccccc1)C(Cl)(Cl)Cl. The molecule has 0 aliphatic carbocycles. The summed E-state index contributed by atoms with van der Waals surface area (Å²) >= 11 is 17.7. The van der Waals surface area contributed by atoms with E-state index in [2.05, 4.69) is 5.32 Å². The van der Waals surface area contributed by atoms with Gasteiger partial charge in [0.25, 0.3) is 3.79 Å². The molecule has 0 saturated carbocycles. The number of hydrogen-bond donors (Lipinski definition) is 2. The van der Waals surface area contributed by atoms with Crippen molar-refractivity contribution in [2.45, 2.75) is 23.4 Å². The first-order valence-corrected chi connectivity index (χ1v) is 6.64. The number of alkyl halides is 3. The number of hydrogen-bond acceptors (Lipinski definition) is 1. The van der Waals surface area contributed by atoms with Crippen LogP contribution in [-0.2, 0) is 11.3 Å². The largest absolute Gasteiger partial charge is 0.310 e. The molecule has 1 amide bonds. The molecule has 1 unspecified atom stereocenters. The summed E-state index contributed by atoms with van der Waals surface area (Å²) in [7, 11) is 1.87. The minimum Gasteiger partial charge on any atom is -0.310 e. The molecule has 0 spiro atoms. The van der Waals surface area contributed by atoms with Gasteiger partial charge in [-0.1, -0.05) is 65.1 Å². The highest BCUT2D eigenvalue weighted by molar-refractivity contribution is 6.68. The highest BCUT2D eigenvalue weighted by Gasteiger charge is 2.40. The molecule has 2 atom stereocenters. The van der Waals surface area contributed by atoms with Gasteiger partial charge in [-0.2, -0.15) is 0 Å². The van der Waals surface area contributed by atoms with Gasteiger partial charge in [-0.25, -0.2) is 0 Å². The predicted molar refractivity (Wildman–Crippen MR) is 74.9 cm³/mol. The van der Waals surface area contributed by atoms with Crippen LogP contribution < -0.4 is 10.2 Å². The van der Waals surface area contributed by atoms with Crippen LogP contribution in [0.3, 0.4) is 0 Å². The fourth-order valence-corrected chi connectivity index (χ4v) is 2.43. The predicted octanol–water partition coefficient (Wildman–Crippen LogP) is 1.53. The quantitative estimate of drug-likeness (QED) is 0.642. The number of nitrogens with one attached hydrogen (secondary N) is 2. The smallest absolute Gasteiger partial charge is 0.262 e. The van der Waals surface area contributed by atoms with Gasteiger partial charge in [-0.3, -0.25) is 4.79 Å². The summed E-state index contributed by atoms with van der Waals surface area (Å²) in [5, 5.41) is 2.67. The fraction of sp³-hybridized carbons (Fsp3) is 0.417. The minimum absolute atomic E-state index is 0.223. The molecule has 0 fully saturated rings. The minimum atomic E-state index is -1.55. The zero-order valence-electron chi connectivity index (χ0n) is 10.2. The van der Waals surface area contributed by atoms with Crippen LogP contribution >= 0.6 is 34.8 Å².